The summed E-state index contributed by atoms with van der Waals surface area (Å²) < 4.78 is 5.12. The zero-order valence-electron chi connectivity index (χ0n) is 12.4. The van der Waals surface area contributed by atoms with Gasteiger partial charge in [-0.05, 0) is 29.8 Å². The summed E-state index contributed by atoms with van der Waals surface area (Å²) >= 11 is 5.83. The summed E-state index contributed by atoms with van der Waals surface area (Å²) in [7, 11) is 1.60. The molecule has 4 nitrogen and oxygen atoms in total. The number of hydrogen-bond acceptors (Lipinski definition) is 3. The Morgan fingerprint density at radius 1 is 1.18 bits per heavy atom. The lowest BCUT2D eigenvalue weighted by Crippen LogP contribution is -2.21. The Hall–Kier alpha value is -2.04. The monoisotopic (exact) mass is 318 g/mol. The van der Waals surface area contributed by atoms with Crippen molar-refractivity contribution in [3.8, 4) is 5.75 Å². The van der Waals surface area contributed by atoms with Crippen LogP contribution in [0.2, 0.25) is 5.02 Å². The predicted molar refractivity (Wildman–Crippen MR) is 89.4 cm³/mol. The molecule has 0 unspecified atom stereocenters. The van der Waals surface area contributed by atoms with Crippen molar-refractivity contribution in [2.24, 2.45) is 0 Å². The number of hydrogen-bond donors (Lipinski definition) is 2. The summed E-state index contributed by atoms with van der Waals surface area (Å²) in [6.07, 6.45) is 0.408. The summed E-state index contributed by atoms with van der Waals surface area (Å²) in [6, 6.07) is 14.9. The molecule has 2 aromatic rings. The van der Waals surface area contributed by atoms with Crippen molar-refractivity contribution in [3.63, 3.8) is 0 Å². The maximum atomic E-state index is 11.9. The number of carbonyl (C=O) groups is 1. The van der Waals surface area contributed by atoms with E-state index in [1.54, 1.807) is 13.2 Å². The van der Waals surface area contributed by atoms with Gasteiger partial charge in [-0.3, -0.25) is 4.79 Å². The van der Waals surface area contributed by atoms with Crippen LogP contribution in [0, 0.1) is 0 Å². The number of amides is 1. The fraction of sp³-hybridized carbons (Fsp3) is 0.235. The van der Waals surface area contributed by atoms with E-state index in [1.807, 2.05) is 42.5 Å². The molecule has 0 spiro atoms. The highest BCUT2D eigenvalue weighted by atomic mass is 35.5. The molecule has 0 radical (unpaired) electrons. The number of ether oxygens (including phenoxy) is 1. The average Bonchev–Trinajstić information content (AvgIpc) is 2.53. The minimum absolute atomic E-state index is 0.0307. The molecule has 0 saturated heterocycles. The maximum Gasteiger partial charge on any atom is 0.225 e. The van der Waals surface area contributed by atoms with Crippen molar-refractivity contribution in [1.29, 1.82) is 0 Å². The van der Waals surface area contributed by atoms with Crippen molar-refractivity contribution in [3.05, 3.63) is 59.1 Å². The van der Waals surface area contributed by atoms with E-state index in [2.05, 4.69) is 10.6 Å². The number of halogens is 1. The quantitative estimate of drug-likeness (QED) is 0.769. The normalized spacial score (nSPS) is 10.3. The van der Waals surface area contributed by atoms with E-state index < -0.39 is 0 Å². The Labute approximate surface area is 135 Å². The lowest BCUT2D eigenvalue weighted by molar-refractivity contribution is -0.116. The molecule has 0 bridgehead atoms. The van der Waals surface area contributed by atoms with Crippen LogP contribution >= 0.6 is 11.6 Å². The first-order valence-electron chi connectivity index (χ1n) is 7.06. The van der Waals surface area contributed by atoms with Gasteiger partial charge in [-0.15, -0.1) is 0 Å². The first-order chi connectivity index (χ1) is 10.7. The number of benzene rings is 2. The Balaban J connectivity index is 1.70. The van der Waals surface area contributed by atoms with Crippen LogP contribution in [0.5, 0.6) is 5.75 Å². The highest BCUT2D eigenvalue weighted by Crippen LogP contribution is 2.16. The lowest BCUT2D eigenvalue weighted by Gasteiger charge is -2.08. The largest absolute Gasteiger partial charge is 0.497 e. The Bertz CT molecular complexity index is 614. The number of nitrogens with one attached hydrogen (secondary N) is 2. The minimum atomic E-state index is -0.0307. The second kappa shape index (κ2) is 8.41. The molecule has 0 saturated carbocycles. The van der Waals surface area contributed by atoms with Gasteiger partial charge in [0.15, 0.2) is 0 Å². The van der Waals surface area contributed by atoms with Crippen molar-refractivity contribution in [1.82, 2.24) is 5.32 Å². The molecule has 2 rings (SSSR count). The van der Waals surface area contributed by atoms with Gasteiger partial charge in [0.2, 0.25) is 5.91 Å². The van der Waals surface area contributed by atoms with Crippen LogP contribution in [-0.4, -0.2) is 19.6 Å². The van der Waals surface area contributed by atoms with Crippen molar-refractivity contribution in [2.75, 3.05) is 19.0 Å². The van der Waals surface area contributed by atoms with E-state index in [4.69, 9.17) is 16.3 Å². The molecule has 116 valence electrons. The molecule has 5 heteroatoms. The number of methoxy groups -OCH3 is 1. The minimum Gasteiger partial charge on any atom is -0.497 e. The summed E-state index contributed by atoms with van der Waals surface area (Å²) in [4.78, 5) is 11.9. The summed E-state index contributed by atoms with van der Waals surface area (Å²) in [5.41, 5.74) is 1.87. The van der Waals surface area contributed by atoms with Gasteiger partial charge >= 0.3 is 0 Å². The third kappa shape index (κ3) is 5.39. The van der Waals surface area contributed by atoms with E-state index in [-0.39, 0.29) is 5.91 Å². The van der Waals surface area contributed by atoms with Crippen LogP contribution in [0.4, 0.5) is 5.69 Å². The second-order valence-electron chi connectivity index (χ2n) is 4.83. The maximum absolute atomic E-state index is 11.9. The van der Waals surface area contributed by atoms with Gasteiger partial charge in [-0.2, -0.15) is 0 Å². The Morgan fingerprint density at radius 3 is 2.68 bits per heavy atom. The van der Waals surface area contributed by atoms with Gasteiger partial charge in [-0.1, -0.05) is 29.8 Å². The standard InChI is InChI=1S/C17H19ClN2O2/c1-22-16-4-2-3-15(11-16)20-17(21)9-10-19-12-13-5-7-14(18)8-6-13/h2-8,11,19H,9-10,12H2,1H3,(H,20,21). The third-order valence-electron chi connectivity index (χ3n) is 3.12. The Kier molecular flexibility index (Phi) is 6.25. The van der Waals surface area contributed by atoms with Gasteiger partial charge in [0.1, 0.15) is 5.75 Å². The molecule has 0 heterocycles. The topological polar surface area (TPSA) is 50.4 Å². The van der Waals surface area contributed by atoms with Crippen LogP contribution in [0.25, 0.3) is 0 Å². The molecule has 0 aromatic heterocycles. The molecular formula is C17H19ClN2O2. The fourth-order valence-corrected chi connectivity index (χ4v) is 2.09. The molecule has 1 amide bonds. The van der Waals surface area contributed by atoms with Crippen molar-refractivity contribution in [2.45, 2.75) is 13.0 Å². The van der Waals surface area contributed by atoms with E-state index in [1.165, 1.54) is 0 Å². The smallest absolute Gasteiger partial charge is 0.225 e. The third-order valence-corrected chi connectivity index (χ3v) is 3.38. The zero-order chi connectivity index (χ0) is 15.8. The molecule has 2 N–H and O–H groups in total. The zero-order valence-corrected chi connectivity index (χ0v) is 13.2. The Morgan fingerprint density at radius 2 is 1.95 bits per heavy atom. The molecular weight excluding hydrogens is 300 g/mol. The van der Waals surface area contributed by atoms with E-state index in [0.29, 0.717) is 19.5 Å². The molecule has 2 aromatic carbocycles. The van der Waals surface area contributed by atoms with Gasteiger partial charge in [0.05, 0.1) is 7.11 Å². The number of rotatable bonds is 7. The van der Waals surface area contributed by atoms with Crippen LogP contribution in [0.3, 0.4) is 0 Å². The first-order valence-corrected chi connectivity index (χ1v) is 7.44. The van der Waals surface area contributed by atoms with Crippen molar-refractivity contribution >= 4 is 23.2 Å². The molecule has 22 heavy (non-hydrogen) atoms. The molecule has 0 atom stereocenters. The summed E-state index contributed by atoms with van der Waals surface area (Å²) in [6.45, 7) is 1.32. The van der Waals surface area contributed by atoms with E-state index in [9.17, 15) is 4.79 Å². The number of carbonyl (C=O) groups excluding carboxylic acids is 1. The average molecular weight is 319 g/mol. The van der Waals surface area contributed by atoms with Crippen LogP contribution in [0.15, 0.2) is 48.5 Å². The van der Waals surface area contributed by atoms with Crippen LogP contribution in [-0.2, 0) is 11.3 Å². The van der Waals surface area contributed by atoms with Crippen molar-refractivity contribution < 1.29 is 9.53 Å². The highest BCUT2D eigenvalue weighted by Gasteiger charge is 2.03. The SMILES string of the molecule is COc1cccc(NC(=O)CCNCc2ccc(Cl)cc2)c1. The van der Waals surface area contributed by atoms with Gasteiger partial charge < -0.3 is 15.4 Å². The van der Waals surface area contributed by atoms with Gasteiger partial charge in [0.25, 0.3) is 0 Å². The van der Waals surface area contributed by atoms with E-state index in [0.717, 1.165) is 22.0 Å². The van der Waals surface area contributed by atoms with Gasteiger partial charge in [-0.25, -0.2) is 0 Å². The van der Waals surface area contributed by atoms with Crippen LogP contribution in [0.1, 0.15) is 12.0 Å². The lowest BCUT2D eigenvalue weighted by atomic mass is 10.2. The van der Waals surface area contributed by atoms with E-state index >= 15 is 0 Å². The number of anilines is 1. The molecule has 0 aliphatic heterocycles. The summed E-state index contributed by atoms with van der Waals surface area (Å²) in [5, 5.41) is 6.80. The molecule has 0 aliphatic rings. The fourth-order valence-electron chi connectivity index (χ4n) is 1.96. The van der Waals surface area contributed by atoms with Crippen LogP contribution < -0.4 is 15.4 Å². The molecule has 0 aliphatic carbocycles. The predicted octanol–water partition coefficient (Wildman–Crippen LogP) is 3.47. The molecule has 0 fully saturated rings. The second-order valence-corrected chi connectivity index (χ2v) is 5.27. The summed E-state index contributed by atoms with van der Waals surface area (Å²) in [5.74, 6) is 0.690. The van der Waals surface area contributed by atoms with Gasteiger partial charge in [0, 0.05) is 36.3 Å². The highest BCUT2D eigenvalue weighted by molar-refractivity contribution is 6.30. The first kappa shape index (κ1) is 16.3.